The Labute approximate surface area is 150 Å². The van der Waals surface area contributed by atoms with Crippen LogP contribution in [0.2, 0.25) is 0 Å². The lowest BCUT2D eigenvalue weighted by atomic mass is 10.2. The number of nitrogens with one attached hydrogen (secondary N) is 2. The molecule has 0 aliphatic rings. The highest BCUT2D eigenvalue weighted by atomic mass is 19.4. The standard InChI is InChI=1S/C16H25F3N4O3/c1-20-15(22-7-4-9-25-12-11-24-2)23-8-10-26-14-13(16(17,18)19)5-3-6-21-14/h3,5-6H,4,7-12H2,1-2H3,(H2,20,22,23). The summed E-state index contributed by atoms with van der Waals surface area (Å²) < 4.78 is 53.8. The van der Waals surface area contributed by atoms with E-state index in [1.54, 1.807) is 14.2 Å². The topological polar surface area (TPSA) is 77.0 Å². The molecule has 0 saturated carbocycles. The number of pyridine rings is 1. The quantitative estimate of drug-likeness (QED) is 0.347. The maximum atomic E-state index is 12.8. The number of aromatic nitrogens is 1. The smallest absolute Gasteiger partial charge is 0.421 e. The largest absolute Gasteiger partial charge is 0.475 e. The summed E-state index contributed by atoms with van der Waals surface area (Å²) in [6.07, 6.45) is -2.46. The third-order valence-corrected chi connectivity index (χ3v) is 3.12. The van der Waals surface area contributed by atoms with Crippen LogP contribution in [0.15, 0.2) is 23.3 Å². The molecule has 7 nitrogen and oxygen atoms in total. The van der Waals surface area contributed by atoms with Crippen LogP contribution in [0.5, 0.6) is 5.88 Å². The molecule has 148 valence electrons. The van der Waals surface area contributed by atoms with Crippen molar-refractivity contribution in [3.8, 4) is 5.88 Å². The van der Waals surface area contributed by atoms with Crippen molar-refractivity contribution in [2.45, 2.75) is 12.6 Å². The van der Waals surface area contributed by atoms with Crippen molar-refractivity contribution in [2.24, 2.45) is 4.99 Å². The zero-order valence-corrected chi connectivity index (χ0v) is 14.9. The van der Waals surface area contributed by atoms with Gasteiger partial charge in [0, 0.05) is 33.5 Å². The summed E-state index contributed by atoms with van der Waals surface area (Å²) in [7, 11) is 3.22. The Balaban J connectivity index is 2.24. The zero-order chi connectivity index (χ0) is 19.3. The number of rotatable bonds is 11. The monoisotopic (exact) mass is 378 g/mol. The first-order valence-electron chi connectivity index (χ1n) is 8.15. The van der Waals surface area contributed by atoms with Gasteiger partial charge in [-0.1, -0.05) is 0 Å². The summed E-state index contributed by atoms with van der Waals surface area (Å²) in [6, 6.07) is 2.16. The highest BCUT2D eigenvalue weighted by Gasteiger charge is 2.34. The Morgan fingerprint density at radius 1 is 1.15 bits per heavy atom. The third kappa shape index (κ3) is 8.86. The molecule has 0 aliphatic heterocycles. The number of aliphatic imine (C=N–C) groups is 1. The van der Waals surface area contributed by atoms with Crippen LogP contribution in [0, 0.1) is 0 Å². The van der Waals surface area contributed by atoms with E-state index >= 15 is 0 Å². The van der Waals surface area contributed by atoms with Crippen LogP contribution in [0.4, 0.5) is 13.2 Å². The van der Waals surface area contributed by atoms with Crippen molar-refractivity contribution in [1.82, 2.24) is 15.6 Å². The van der Waals surface area contributed by atoms with E-state index in [1.807, 2.05) is 0 Å². The van der Waals surface area contributed by atoms with Crippen LogP contribution in [-0.2, 0) is 15.7 Å². The number of halogens is 3. The SMILES string of the molecule is CN=C(NCCCOCCOC)NCCOc1ncccc1C(F)(F)F. The molecule has 0 fully saturated rings. The lowest BCUT2D eigenvalue weighted by Gasteiger charge is -2.14. The van der Waals surface area contributed by atoms with E-state index in [0.29, 0.717) is 32.3 Å². The molecule has 0 radical (unpaired) electrons. The molecule has 0 atom stereocenters. The van der Waals surface area contributed by atoms with E-state index in [0.717, 1.165) is 12.5 Å². The van der Waals surface area contributed by atoms with E-state index < -0.39 is 17.6 Å². The van der Waals surface area contributed by atoms with E-state index in [-0.39, 0.29) is 13.2 Å². The maximum Gasteiger partial charge on any atom is 0.421 e. The zero-order valence-electron chi connectivity index (χ0n) is 14.9. The second-order valence-corrected chi connectivity index (χ2v) is 5.09. The molecule has 1 aromatic heterocycles. The predicted molar refractivity (Wildman–Crippen MR) is 91.4 cm³/mol. The second-order valence-electron chi connectivity index (χ2n) is 5.09. The molecule has 0 saturated heterocycles. The minimum Gasteiger partial charge on any atom is -0.475 e. The lowest BCUT2D eigenvalue weighted by molar-refractivity contribution is -0.139. The van der Waals surface area contributed by atoms with Crippen molar-refractivity contribution < 1.29 is 27.4 Å². The Bertz CT molecular complexity index is 542. The van der Waals surface area contributed by atoms with E-state index in [1.165, 1.54) is 12.3 Å². The van der Waals surface area contributed by atoms with Crippen LogP contribution >= 0.6 is 0 Å². The van der Waals surface area contributed by atoms with Crippen LogP contribution in [0.3, 0.4) is 0 Å². The van der Waals surface area contributed by atoms with Gasteiger partial charge in [0.25, 0.3) is 0 Å². The number of nitrogens with zero attached hydrogens (tertiary/aromatic N) is 2. The normalized spacial score (nSPS) is 12.1. The van der Waals surface area contributed by atoms with Crippen molar-refractivity contribution in [2.75, 3.05) is 53.7 Å². The number of alkyl halides is 3. The van der Waals surface area contributed by atoms with Gasteiger partial charge < -0.3 is 24.8 Å². The molecule has 1 heterocycles. The minimum absolute atomic E-state index is 0.0148. The number of ether oxygens (including phenoxy) is 3. The Hall–Kier alpha value is -2.07. The van der Waals surface area contributed by atoms with Crippen LogP contribution < -0.4 is 15.4 Å². The lowest BCUT2D eigenvalue weighted by Crippen LogP contribution is -2.40. The fourth-order valence-corrected chi connectivity index (χ4v) is 1.88. The highest BCUT2D eigenvalue weighted by Crippen LogP contribution is 2.34. The Morgan fingerprint density at radius 3 is 2.62 bits per heavy atom. The van der Waals surface area contributed by atoms with Gasteiger partial charge in [-0.15, -0.1) is 0 Å². The summed E-state index contributed by atoms with van der Waals surface area (Å²) >= 11 is 0. The summed E-state index contributed by atoms with van der Waals surface area (Å²) in [4.78, 5) is 7.65. The fraction of sp³-hybridized carbons (Fsp3) is 0.625. The first-order chi connectivity index (χ1) is 12.5. The van der Waals surface area contributed by atoms with Crippen LogP contribution in [0.1, 0.15) is 12.0 Å². The Kier molecular flexibility index (Phi) is 10.4. The van der Waals surface area contributed by atoms with Gasteiger partial charge in [-0.05, 0) is 18.6 Å². The van der Waals surface area contributed by atoms with Crippen LogP contribution in [-0.4, -0.2) is 64.6 Å². The van der Waals surface area contributed by atoms with Gasteiger partial charge in [-0.3, -0.25) is 4.99 Å². The van der Waals surface area contributed by atoms with Crippen molar-refractivity contribution in [1.29, 1.82) is 0 Å². The van der Waals surface area contributed by atoms with Gasteiger partial charge in [0.1, 0.15) is 12.2 Å². The van der Waals surface area contributed by atoms with Gasteiger partial charge in [-0.2, -0.15) is 13.2 Å². The Morgan fingerprint density at radius 2 is 1.92 bits per heavy atom. The molecule has 0 spiro atoms. The second kappa shape index (κ2) is 12.3. The predicted octanol–water partition coefficient (Wildman–Crippen LogP) is 1.70. The van der Waals surface area contributed by atoms with Gasteiger partial charge in [0.05, 0.1) is 19.8 Å². The first-order valence-corrected chi connectivity index (χ1v) is 8.15. The molecule has 2 N–H and O–H groups in total. The average Bonchev–Trinajstić information content (AvgIpc) is 2.62. The van der Waals surface area contributed by atoms with Crippen molar-refractivity contribution in [3.05, 3.63) is 23.9 Å². The molecule has 0 amide bonds. The van der Waals surface area contributed by atoms with E-state index in [9.17, 15) is 13.2 Å². The van der Waals surface area contributed by atoms with Gasteiger partial charge >= 0.3 is 6.18 Å². The molecular formula is C16H25F3N4O3. The first kappa shape index (κ1) is 22.0. The summed E-state index contributed by atoms with van der Waals surface area (Å²) in [6.45, 7) is 2.64. The van der Waals surface area contributed by atoms with Gasteiger partial charge in [-0.25, -0.2) is 4.98 Å². The number of hydrogen-bond acceptors (Lipinski definition) is 5. The van der Waals surface area contributed by atoms with Gasteiger partial charge in [0.15, 0.2) is 5.96 Å². The molecule has 1 rings (SSSR count). The fourth-order valence-electron chi connectivity index (χ4n) is 1.88. The van der Waals surface area contributed by atoms with E-state index in [4.69, 9.17) is 14.2 Å². The summed E-state index contributed by atoms with van der Waals surface area (Å²) in [5.74, 6) is 0.0977. The molecule has 0 aliphatic carbocycles. The molecule has 10 heteroatoms. The van der Waals surface area contributed by atoms with Crippen molar-refractivity contribution in [3.63, 3.8) is 0 Å². The minimum atomic E-state index is -4.50. The number of hydrogen-bond donors (Lipinski definition) is 2. The van der Waals surface area contributed by atoms with Gasteiger partial charge in [0.2, 0.25) is 5.88 Å². The average molecular weight is 378 g/mol. The number of guanidine groups is 1. The molecule has 0 bridgehead atoms. The summed E-state index contributed by atoms with van der Waals surface area (Å²) in [5.41, 5.74) is -0.893. The highest BCUT2D eigenvalue weighted by molar-refractivity contribution is 5.79. The summed E-state index contributed by atoms with van der Waals surface area (Å²) in [5, 5.41) is 6.02. The van der Waals surface area contributed by atoms with Crippen molar-refractivity contribution >= 4 is 5.96 Å². The molecular weight excluding hydrogens is 353 g/mol. The molecule has 0 aromatic carbocycles. The molecule has 0 unspecified atom stereocenters. The maximum absolute atomic E-state index is 12.8. The third-order valence-electron chi connectivity index (χ3n) is 3.12. The molecule has 26 heavy (non-hydrogen) atoms. The number of methoxy groups -OCH3 is 1. The van der Waals surface area contributed by atoms with E-state index in [2.05, 4.69) is 20.6 Å². The van der Waals surface area contributed by atoms with Crippen LogP contribution in [0.25, 0.3) is 0 Å². The molecule has 1 aromatic rings.